The van der Waals surface area contributed by atoms with E-state index in [-0.39, 0.29) is 18.7 Å². The number of para-hydroxylation sites is 1. The lowest BCUT2D eigenvalue weighted by Gasteiger charge is -2.12. The lowest BCUT2D eigenvalue weighted by Crippen LogP contribution is -2.37. The molecule has 21 heavy (non-hydrogen) atoms. The minimum absolute atomic E-state index is 0.153. The largest absolute Gasteiger partial charge is 0.439 e. The van der Waals surface area contributed by atoms with E-state index in [4.69, 9.17) is 4.74 Å². The molecular formula is C14H16N4O3. The Morgan fingerprint density at radius 2 is 2.38 bits per heavy atom. The first-order valence-electron chi connectivity index (χ1n) is 6.70. The minimum Gasteiger partial charge on any atom is -0.439 e. The van der Waals surface area contributed by atoms with Crippen LogP contribution in [-0.4, -0.2) is 40.1 Å². The minimum atomic E-state index is -0.432. The van der Waals surface area contributed by atoms with Crippen molar-refractivity contribution in [3.05, 3.63) is 29.6 Å². The number of fused-ring (bicyclic) bond motifs is 1. The van der Waals surface area contributed by atoms with Crippen LogP contribution in [0.25, 0.3) is 11.0 Å². The molecule has 0 bridgehead atoms. The Bertz CT molecular complexity index is 709. The third-order valence-electron chi connectivity index (χ3n) is 3.42. The molecule has 1 saturated heterocycles. The summed E-state index contributed by atoms with van der Waals surface area (Å²) in [5, 5.41) is 2.60. The molecule has 1 aromatic carbocycles. The maximum atomic E-state index is 11.8. The van der Waals surface area contributed by atoms with Crippen LogP contribution in [0.4, 0.5) is 4.79 Å². The summed E-state index contributed by atoms with van der Waals surface area (Å²) in [7, 11) is 0. The molecule has 2 N–H and O–H groups in total. The van der Waals surface area contributed by atoms with Crippen molar-refractivity contribution in [3.63, 3.8) is 0 Å². The zero-order valence-electron chi connectivity index (χ0n) is 11.8. The second-order valence-electron chi connectivity index (χ2n) is 5.05. The van der Waals surface area contributed by atoms with E-state index in [1.807, 2.05) is 25.1 Å². The van der Waals surface area contributed by atoms with Crippen molar-refractivity contribution in [2.24, 2.45) is 0 Å². The number of aryl methyl sites for hydroxylation is 1. The molecule has 0 spiro atoms. The Hall–Kier alpha value is -2.57. The zero-order chi connectivity index (χ0) is 15.0. The number of cyclic esters (lactones) is 1. The van der Waals surface area contributed by atoms with Gasteiger partial charge in [-0.1, -0.05) is 12.1 Å². The standard InChI is InChI=1S/C14H16N4O3/c1-8-16-11-5-3-4-10(13(11)17-8)12-6-18(14(20)21-12)7-15-9(2)19/h3-5,12H,6-7H2,1-2H3,(H,15,19)(H,16,17). The van der Waals surface area contributed by atoms with E-state index in [1.54, 1.807) is 0 Å². The number of carbonyl (C=O) groups is 2. The van der Waals surface area contributed by atoms with Crippen LogP contribution in [0.1, 0.15) is 24.4 Å². The average molecular weight is 288 g/mol. The smallest absolute Gasteiger partial charge is 0.412 e. The van der Waals surface area contributed by atoms with E-state index in [2.05, 4.69) is 15.3 Å². The Morgan fingerprint density at radius 3 is 3.14 bits per heavy atom. The summed E-state index contributed by atoms with van der Waals surface area (Å²) in [6, 6.07) is 5.74. The number of rotatable bonds is 3. The van der Waals surface area contributed by atoms with Crippen molar-refractivity contribution in [1.82, 2.24) is 20.2 Å². The van der Waals surface area contributed by atoms with E-state index in [0.717, 1.165) is 22.4 Å². The number of hydrogen-bond donors (Lipinski definition) is 2. The molecule has 1 fully saturated rings. The van der Waals surface area contributed by atoms with Gasteiger partial charge >= 0.3 is 6.09 Å². The normalized spacial score (nSPS) is 18.1. The first-order valence-corrected chi connectivity index (χ1v) is 6.70. The average Bonchev–Trinajstić information content (AvgIpc) is 2.97. The molecule has 0 saturated carbocycles. The summed E-state index contributed by atoms with van der Waals surface area (Å²) in [5.41, 5.74) is 2.60. The molecule has 1 atom stereocenters. The molecule has 1 aliphatic rings. The Labute approximate surface area is 121 Å². The quantitative estimate of drug-likeness (QED) is 0.895. The molecule has 2 heterocycles. The molecule has 1 aromatic heterocycles. The topological polar surface area (TPSA) is 87.3 Å². The zero-order valence-corrected chi connectivity index (χ0v) is 11.8. The second-order valence-corrected chi connectivity index (χ2v) is 5.05. The van der Waals surface area contributed by atoms with Crippen LogP contribution in [0, 0.1) is 6.92 Å². The van der Waals surface area contributed by atoms with Crippen LogP contribution in [-0.2, 0) is 9.53 Å². The number of hydrogen-bond acceptors (Lipinski definition) is 4. The molecule has 2 amide bonds. The van der Waals surface area contributed by atoms with E-state index in [0.29, 0.717) is 6.54 Å². The van der Waals surface area contributed by atoms with Gasteiger partial charge in [-0.15, -0.1) is 0 Å². The number of aromatic nitrogens is 2. The summed E-state index contributed by atoms with van der Waals surface area (Å²) >= 11 is 0. The van der Waals surface area contributed by atoms with Crippen LogP contribution in [0.15, 0.2) is 18.2 Å². The summed E-state index contributed by atoms with van der Waals surface area (Å²) in [6.07, 6.45) is -0.810. The fourth-order valence-corrected chi connectivity index (χ4v) is 2.44. The molecule has 1 unspecified atom stereocenters. The SMILES string of the molecule is CC(=O)NCN1CC(c2cccc3[nH]c(C)nc23)OC1=O. The van der Waals surface area contributed by atoms with Gasteiger partial charge < -0.3 is 15.0 Å². The predicted octanol–water partition coefficient (Wildman–Crippen LogP) is 1.46. The third-order valence-corrected chi connectivity index (χ3v) is 3.42. The summed E-state index contributed by atoms with van der Waals surface area (Å²) in [4.78, 5) is 31.8. The van der Waals surface area contributed by atoms with E-state index >= 15 is 0 Å². The number of amides is 2. The van der Waals surface area contributed by atoms with Gasteiger partial charge in [-0.2, -0.15) is 0 Å². The van der Waals surface area contributed by atoms with Gasteiger partial charge in [0.25, 0.3) is 0 Å². The van der Waals surface area contributed by atoms with E-state index in [1.165, 1.54) is 11.8 Å². The van der Waals surface area contributed by atoms with Gasteiger partial charge in [0, 0.05) is 12.5 Å². The maximum absolute atomic E-state index is 11.8. The van der Waals surface area contributed by atoms with Crippen molar-refractivity contribution in [3.8, 4) is 0 Å². The van der Waals surface area contributed by atoms with Gasteiger partial charge in [0.15, 0.2) is 0 Å². The van der Waals surface area contributed by atoms with Crippen LogP contribution in [0.2, 0.25) is 0 Å². The first kappa shape index (κ1) is 13.4. The van der Waals surface area contributed by atoms with Crippen LogP contribution in [0.5, 0.6) is 0 Å². The lowest BCUT2D eigenvalue weighted by molar-refractivity contribution is -0.119. The summed E-state index contributed by atoms with van der Waals surface area (Å²) in [6.45, 7) is 3.84. The van der Waals surface area contributed by atoms with E-state index in [9.17, 15) is 9.59 Å². The highest BCUT2D eigenvalue weighted by Crippen LogP contribution is 2.30. The molecule has 7 heteroatoms. The molecule has 3 rings (SSSR count). The monoisotopic (exact) mass is 288 g/mol. The molecule has 7 nitrogen and oxygen atoms in total. The summed E-state index contributed by atoms with van der Waals surface area (Å²) in [5.74, 6) is 0.633. The molecule has 2 aromatic rings. The Balaban J connectivity index is 1.84. The predicted molar refractivity (Wildman–Crippen MR) is 75.4 cm³/mol. The van der Waals surface area contributed by atoms with Gasteiger partial charge in [0.05, 0.1) is 24.2 Å². The molecular weight excluding hydrogens is 272 g/mol. The van der Waals surface area contributed by atoms with Crippen molar-refractivity contribution in [1.29, 1.82) is 0 Å². The van der Waals surface area contributed by atoms with Gasteiger partial charge in [-0.3, -0.25) is 9.69 Å². The molecule has 110 valence electrons. The Morgan fingerprint density at radius 1 is 1.57 bits per heavy atom. The highest BCUT2D eigenvalue weighted by atomic mass is 16.6. The highest BCUT2D eigenvalue weighted by Gasteiger charge is 2.33. The van der Waals surface area contributed by atoms with E-state index < -0.39 is 6.09 Å². The summed E-state index contributed by atoms with van der Waals surface area (Å²) < 4.78 is 5.39. The van der Waals surface area contributed by atoms with Crippen LogP contribution < -0.4 is 5.32 Å². The van der Waals surface area contributed by atoms with Gasteiger partial charge in [-0.25, -0.2) is 9.78 Å². The van der Waals surface area contributed by atoms with Gasteiger partial charge in [0.2, 0.25) is 5.91 Å². The van der Waals surface area contributed by atoms with Gasteiger partial charge in [-0.05, 0) is 13.0 Å². The number of H-pyrrole nitrogens is 1. The van der Waals surface area contributed by atoms with Gasteiger partial charge in [0.1, 0.15) is 11.9 Å². The number of aromatic amines is 1. The van der Waals surface area contributed by atoms with Crippen molar-refractivity contribution in [2.45, 2.75) is 20.0 Å². The van der Waals surface area contributed by atoms with Crippen molar-refractivity contribution >= 4 is 23.0 Å². The van der Waals surface area contributed by atoms with Crippen molar-refractivity contribution < 1.29 is 14.3 Å². The Kier molecular flexibility index (Phi) is 3.25. The van der Waals surface area contributed by atoms with Crippen LogP contribution in [0.3, 0.4) is 0 Å². The fourth-order valence-electron chi connectivity index (χ4n) is 2.44. The lowest BCUT2D eigenvalue weighted by atomic mass is 10.1. The molecule has 0 radical (unpaired) electrons. The highest BCUT2D eigenvalue weighted by molar-refractivity contribution is 5.80. The number of carbonyl (C=O) groups excluding carboxylic acids is 2. The number of benzene rings is 1. The third kappa shape index (κ3) is 2.54. The second kappa shape index (κ2) is 5.08. The number of ether oxygens (including phenoxy) is 1. The first-order chi connectivity index (χ1) is 10.0. The number of nitrogens with zero attached hydrogens (tertiary/aromatic N) is 2. The molecule has 0 aliphatic carbocycles. The maximum Gasteiger partial charge on any atom is 0.412 e. The molecule has 1 aliphatic heterocycles. The van der Waals surface area contributed by atoms with Crippen LogP contribution >= 0.6 is 0 Å². The number of imidazole rings is 1. The fraction of sp³-hybridized carbons (Fsp3) is 0.357. The number of nitrogens with one attached hydrogen (secondary N) is 2. The van der Waals surface area contributed by atoms with Crippen molar-refractivity contribution in [2.75, 3.05) is 13.2 Å².